The van der Waals surface area contributed by atoms with Gasteiger partial charge in [-0.05, 0) is 74.9 Å². The van der Waals surface area contributed by atoms with Crippen LogP contribution in [0.5, 0.6) is 5.75 Å². The number of allylic oxidation sites excluding steroid dienone is 6. The summed E-state index contributed by atoms with van der Waals surface area (Å²) in [5.41, 5.74) is 7.77. The minimum absolute atomic E-state index is 0.679. The molecule has 0 fully saturated rings. The maximum atomic E-state index is 6.02. The first kappa shape index (κ1) is 26.8. The maximum Gasteiger partial charge on any atom is 0.119 e. The minimum atomic E-state index is -1.36. The van der Waals surface area contributed by atoms with E-state index in [1.54, 1.807) is 0 Å². The minimum Gasteiger partial charge on any atom is -0.492 e. The second kappa shape index (κ2) is 11.9. The highest BCUT2D eigenvalue weighted by Gasteiger charge is 2.39. The van der Waals surface area contributed by atoms with Crippen LogP contribution in [0.2, 0.25) is 0 Å². The molecule has 3 heteroatoms. The predicted molar refractivity (Wildman–Crippen MR) is 165 cm³/mol. The van der Waals surface area contributed by atoms with E-state index in [-0.39, 0.29) is 0 Å². The van der Waals surface area contributed by atoms with E-state index in [9.17, 15) is 0 Å². The fourth-order valence-electron chi connectivity index (χ4n) is 5.01. The third-order valence-corrected chi connectivity index (χ3v) is 9.61. The van der Waals surface area contributed by atoms with E-state index < -0.39 is 10.0 Å². The zero-order valence-corrected chi connectivity index (χ0v) is 23.8. The third-order valence-electron chi connectivity index (χ3n) is 6.69. The summed E-state index contributed by atoms with van der Waals surface area (Å²) in [6.07, 6.45) is 11.5. The van der Waals surface area contributed by atoms with E-state index in [0.717, 1.165) is 12.3 Å². The van der Waals surface area contributed by atoms with Gasteiger partial charge in [-0.2, -0.15) is 10.0 Å². The third kappa shape index (κ3) is 5.69. The van der Waals surface area contributed by atoms with Crippen LogP contribution >= 0.6 is 10.0 Å². The number of ether oxygens (including phenoxy) is 1. The average Bonchev–Trinajstić information content (AvgIpc) is 3.15. The van der Waals surface area contributed by atoms with Gasteiger partial charge in [0, 0.05) is 27.5 Å². The van der Waals surface area contributed by atoms with E-state index in [1.807, 2.05) is 0 Å². The van der Waals surface area contributed by atoms with Gasteiger partial charge in [-0.1, -0.05) is 91.0 Å². The first-order valence-electron chi connectivity index (χ1n) is 12.9. The van der Waals surface area contributed by atoms with Gasteiger partial charge in [0.05, 0.1) is 0 Å². The van der Waals surface area contributed by atoms with Crippen LogP contribution in [0.4, 0.5) is 0 Å². The molecule has 0 aliphatic carbocycles. The van der Waals surface area contributed by atoms with Gasteiger partial charge < -0.3 is 9.64 Å². The molecule has 1 aliphatic rings. The molecule has 37 heavy (non-hydrogen) atoms. The van der Waals surface area contributed by atoms with Gasteiger partial charge in [0.15, 0.2) is 0 Å². The fourth-order valence-corrected chi connectivity index (χ4v) is 8.13. The molecule has 4 rings (SSSR count). The second-order valence-corrected chi connectivity index (χ2v) is 13.4. The molecule has 0 N–H and O–H groups in total. The van der Waals surface area contributed by atoms with E-state index in [4.69, 9.17) is 4.74 Å². The Morgan fingerprint density at radius 3 is 1.86 bits per heavy atom. The molecule has 3 aromatic rings. The van der Waals surface area contributed by atoms with Gasteiger partial charge in [0.1, 0.15) is 12.4 Å². The number of likely N-dealkylation sites (N-methyl/N-ethyl adjacent to an activating group) is 1. The predicted octanol–water partition coefficient (Wildman–Crippen LogP) is 8.51. The van der Waals surface area contributed by atoms with Gasteiger partial charge >= 0.3 is 0 Å². The summed E-state index contributed by atoms with van der Waals surface area (Å²) < 4.78 is 6.02. The van der Waals surface area contributed by atoms with Gasteiger partial charge in [-0.15, -0.1) is 0 Å². The monoisotopic (exact) mass is 509 g/mol. The summed E-state index contributed by atoms with van der Waals surface area (Å²) in [4.78, 5) is 5.01. The number of rotatable bonds is 9. The lowest BCUT2D eigenvalue weighted by molar-refractivity contribution is 0.261. The Balaban J connectivity index is 1.95. The van der Waals surface area contributed by atoms with Crippen molar-refractivity contribution in [1.82, 2.24) is 4.90 Å². The highest BCUT2D eigenvalue weighted by Crippen LogP contribution is 2.73. The molecule has 0 saturated heterocycles. The van der Waals surface area contributed by atoms with Gasteiger partial charge in [0.25, 0.3) is 0 Å². The lowest BCUT2D eigenvalue weighted by Gasteiger charge is -2.34. The Kier molecular flexibility index (Phi) is 8.58. The number of hydrogen-bond acceptors (Lipinski definition) is 2. The van der Waals surface area contributed by atoms with Crippen LogP contribution < -0.4 is 4.74 Å². The van der Waals surface area contributed by atoms with Crippen LogP contribution in [0.25, 0.3) is 15.4 Å². The molecule has 0 unspecified atom stereocenters. The van der Waals surface area contributed by atoms with Gasteiger partial charge in [0.2, 0.25) is 0 Å². The molecule has 0 bridgehead atoms. The summed E-state index contributed by atoms with van der Waals surface area (Å²) in [5.74, 6) is 0.915. The summed E-state index contributed by atoms with van der Waals surface area (Å²) in [7, 11) is 2.77. The lowest BCUT2D eigenvalue weighted by Crippen LogP contribution is -2.19. The largest absolute Gasteiger partial charge is 0.492 e. The van der Waals surface area contributed by atoms with E-state index in [2.05, 4.69) is 149 Å². The molecule has 0 amide bonds. The van der Waals surface area contributed by atoms with E-state index >= 15 is 0 Å². The van der Waals surface area contributed by atoms with Gasteiger partial charge in [-0.25, -0.2) is 0 Å². The highest BCUT2D eigenvalue weighted by atomic mass is 32.3. The Morgan fingerprint density at radius 2 is 1.32 bits per heavy atom. The van der Waals surface area contributed by atoms with Crippen LogP contribution in [-0.4, -0.2) is 44.7 Å². The zero-order valence-electron chi connectivity index (χ0n) is 23.0. The van der Waals surface area contributed by atoms with Crippen molar-refractivity contribution < 1.29 is 4.74 Å². The van der Waals surface area contributed by atoms with Crippen molar-refractivity contribution >= 4 is 25.4 Å². The summed E-state index contributed by atoms with van der Waals surface area (Å²) in [5, 5.41) is 0. The van der Waals surface area contributed by atoms with Crippen molar-refractivity contribution in [3.8, 4) is 5.75 Å². The van der Waals surface area contributed by atoms with Crippen LogP contribution in [0, 0.1) is 0 Å². The fraction of sp³-hybridized carbons (Fsp3) is 0.235. The van der Waals surface area contributed by atoms with Gasteiger partial charge in [-0.3, -0.25) is 0 Å². The molecular formula is C34H39NOS. The Bertz CT molecular complexity index is 1330. The molecule has 0 saturated carbocycles. The molecule has 0 atom stereocenters. The number of benzene rings is 3. The van der Waals surface area contributed by atoms with Crippen molar-refractivity contribution in [2.24, 2.45) is 0 Å². The number of nitrogens with zero attached hydrogens (tertiary/aromatic N) is 1. The normalized spacial score (nSPS) is 16.7. The first-order valence-corrected chi connectivity index (χ1v) is 15.3. The molecule has 0 spiro atoms. The summed E-state index contributed by atoms with van der Waals surface area (Å²) >= 11 is 0. The molecule has 1 heterocycles. The molecule has 0 radical (unpaired) electrons. The molecule has 0 aromatic heterocycles. The van der Waals surface area contributed by atoms with Crippen molar-refractivity contribution in [3.63, 3.8) is 0 Å². The Morgan fingerprint density at radius 1 is 0.757 bits per heavy atom. The molecule has 2 nitrogen and oxygen atoms in total. The topological polar surface area (TPSA) is 12.5 Å². The highest BCUT2D eigenvalue weighted by molar-refractivity contribution is 8.47. The summed E-state index contributed by atoms with van der Waals surface area (Å²) in [6, 6.07) is 30.6. The van der Waals surface area contributed by atoms with E-state index in [0.29, 0.717) is 6.61 Å². The molecule has 3 aromatic carbocycles. The van der Waals surface area contributed by atoms with Crippen molar-refractivity contribution in [2.45, 2.75) is 13.8 Å². The number of hydrogen-bond donors (Lipinski definition) is 0. The Labute approximate surface area is 225 Å². The van der Waals surface area contributed by atoms with Crippen molar-refractivity contribution in [1.29, 1.82) is 0 Å². The van der Waals surface area contributed by atoms with Crippen LogP contribution in [-0.2, 0) is 0 Å². The maximum absolute atomic E-state index is 6.02. The van der Waals surface area contributed by atoms with Crippen LogP contribution in [0.3, 0.4) is 0 Å². The standard InChI is InChI=1S/C34H39NOS/c1-7-15-26(8-2)31-32(27-16-11-9-12-17-27)33(28-18-13-10-14-19-28)37(5,6)34(31)29-20-22-30(23-21-29)36-25-24-35(3)4/h7-23H,24-25H2,1-6H3/b15-7-,26-8+. The first-order chi connectivity index (χ1) is 17.9. The van der Waals surface area contributed by atoms with Crippen molar-refractivity contribution in [2.75, 3.05) is 39.8 Å². The molecular weight excluding hydrogens is 470 g/mol. The zero-order chi connectivity index (χ0) is 26.4. The average molecular weight is 510 g/mol. The van der Waals surface area contributed by atoms with E-state index in [1.165, 1.54) is 43.2 Å². The van der Waals surface area contributed by atoms with Crippen molar-refractivity contribution in [3.05, 3.63) is 131 Å². The van der Waals surface area contributed by atoms with Crippen LogP contribution in [0.1, 0.15) is 30.5 Å². The lowest BCUT2D eigenvalue weighted by atomic mass is 9.88. The SMILES string of the molecule is C/C=C\C(=C/C)C1=C(c2ccc(OCCN(C)C)cc2)S(C)(C)C(c2ccccc2)=C1c1ccccc1. The second-order valence-electron chi connectivity index (χ2n) is 9.89. The van der Waals surface area contributed by atoms with Crippen LogP contribution in [0.15, 0.2) is 114 Å². The Hall–Kier alpha value is -3.27. The molecule has 1 aliphatic heterocycles. The summed E-state index contributed by atoms with van der Waals surface area (Å²) in [6.45, 7) is 5.82. The smallest absolute Gasteiger partial charge is 0.119 e. The molecule has 192 valence electrons. The quantitative estimate of drug-likeness (QED) is 0.268.